The molecule has 0 unspecified atom stereocenters. The number of nitrogens with zero attached hydrogens (tertiary/aromatic N) is 5. The van der Waals surface area contributed by atoms with E-state index in [1.807, 2.05) is 48.7 Å². The quantitative estimate of drug-likeness (QED) is 0.375. The van der Waals surface area contributed by atoms with Gasteiger partial charge in [0.15, 0.2) is 5.13 Å². The number of tetrazole rings is 1. The molecule has 0 saturated heterocycles. The number of hydrogen-bond acceptors (Lipinski definition) is 8. The number of aromatic nitrogens is 5. The smallest absolute Gasteiger partial charge is 0.236 e. The fraction of sp³-hybridized carbons (Fsp3) is 0.150. The predicted octanol–water partition coefficient (Wildman–Crippen LogP) is 4.57. The van der Waals surface area contributed by atoms with E-state index >= 15 is 0 Å². The Morgan fingerprint density at radius 3 is 2.84 bits per heavy atom. The Morgan fingerprint density at radius 1 is 1.23 bits per heavy atom. The normalized spacial score (nSPS) is 10.8. The highest BCUT2D eigenvalue weighted by Gasteiger charge is 2.15. The van der Waals surface area contributed by atoms with Crippen LogP contribution in [0.3, 0.4) is 0 Å². The number of anilines is 1. The maximum absolute atomic E-state index is 12.4. The first-order valence-electron chi connectivity index (χ1n) is 9.28. The van der Waals surface area contributed by atoms with Crippen LogP contribution in [0.25, 0.3) is 16.9 Å². The van der Waals surface area contributed by atoms with Gasteiger partial charge in [0.05, 0.1) is 18.1 Å². The van der Waals surface area contributed by atoms with Crippen LogP contribution in [0.2, 0.25) is 5.02 Å². The van der Waals surface area contributed by atoms with E-state index in [4.69, 9.17) is 16.3 Å². The van der Waals surface area contributed by atoms with Crippen molar-refractivity contribution in [3.63, 3.8) is 0 Å². The van der Waals surface area contributed by atoms with E-state index < -0.39 is 0 Å². The van der Waals surface area contributed by atoms with Gasteiger partial charge in [0.25, 0.3) is 0 Å². The summed E-state index contributed by atoms with van der Waals surface area (Å²) in [5.74, 6) is 0.600. The fourth-order valence-corrected chi connectivity index (χ4v) is 4.25. The molecule has 0 saturated carbocycles. The molecule has 0 aliphatic carbocycles. The van der Waals surface area contributed by atoms with E-state index in [0.717, 1.165) is 11.3 Å². The van der Waals surface area contributed by atoms with Crippen molar-refractivity contribution in [2.45, 2.75) is 12.1 Å². The first-order valence-corrected chi connectivity index (χ1v) is 11.5. The van der Waals surface area contributed by atoms with Gasteiger partial charge in [-0.1, -0.05) is 47.6 Å². The van der Waals surface area contributed by atoms with E-state index in [-0.39, 0.29) is 11.7 Å². The van der Waals surface area contributed by atoms with Crippen molar-refractivity contribution in [3.05, 3.63) is 58.9 Å². The summed E-state index contributed by atoms with van der Waals surface area (Å²) in [7, 11) is 0. The lowest BCUT2D eigenvalue weighted by atomic mass is 10.2. The van der Waals surface area contributed by atoms with Gasteiger partial charge in [0.1, 0.15) is 11.4 Å². The highest BCUT2D eigenvalue weighted by atomic mass is 35.5. The third-order valence-corrected chi connectivity index (χ3v) is 5.99. The molecule has 2 aromatic heterocycles. The van der Waals surface area contributed by atoms with Gasteiger partial charge in [-0.3, -0.25) is 4.79 Å². The highest BCUT2D eigenvalue weighted by molar-refractivity contribution is 7.99. The number of benzene rings is 2. The average molecular weight is 473 g/mol. The Bertz CT molecular complexity index is 1180. The summed E-state index contributed by atoms with van der Waals surface area (Å²) in [6.45, 7) is 2.43. The van der Waals surface area contributed by atoms with E-state index in [9.17, 15) is 4.79 Å². The number of rotatable bonds is 8. The SMILES string of the molecule is CCOc1ccccc1-n1nnnc1SCC(=O)Nc1nc(-c2ccc(Cl)cc2)cs1. The van der Waals surface area contributed by atoms with Crippen LogP contribution in [0, 0.1) is 0 Å². The van der Waals surface area contributed by atoms with Gasteiger partial charge < -0.3 is 10.1 Å². The first-order chi connectivity index (χ1) is 15.1. The van der Waals surface area contributed by atoms with Crippen LogP contribution in [0.4, 0.5) is 5.13 Å². The van der Waals surface area contributed by atoms with E-state index in [1.165, 1.54) is 23.1 Å². The summed E-state index contributed by atoms with van der Waals surface area (Å²) in [6, 6.07) is 14.9. The minimum atomic E-state index is -0.199. The molecule has 31 heavy (non-hydrogen) atoms. The molecule has 0 aliphatic rings. The van der Waals surface area contributed by atoms with E-state index in [1.54, 1.807) is 16.8 Å². The van der Waals surface area contributed by atoms with Crippen molar-refractivity contribution in [2.75, 3.05) is 17.7 Å². The summed E-state index contributed by atoms with van der Waals surface area (Å²) >= 11 is 8.51. The molecule has 4 aromatic rings. The summed E-state index contributed by atoms with van der Waals surface area (Å²) < 4.78 is 7.21. The predicted molar refractivity (Wildman–Crippen MR) is 122 cm³/mol. The van der Waals surface area contributed by atoms with Crippen molar-refractivity contribution in [2.24, 2.45) is 0 Å². The number of thiazole rings is 1. The zero-order valence-electron chi connectivity index (χ0n) is 16.4. The number of para-hydroxylation sites is 2. The highest BCUT2D eigenvalue weighted by Crippen LogP contribution is 2.28. The number of halogens is 1. The topological polar surface area (TPSA) is 94.8 Å². The summed E-state index contributed by atoms with van der Waals surface area (Å²) in [6.07, 6.45) is 0. The fourth-order valence-electron chi connectivity index (χ4n) is 2.70. The maximum atomic E-state index is 12.4. The van der Waals surface area contributed by atoms with Crippen molar-refractivity contribution in [3.8, 4) is 22.7 Å². The van der Waals surface area contributed by atoms with Crippen LogP contribution in [0.5, 0.6) is 5.75 Å². The molecule has 11 heteroatoms. The summed E-state index contributed by atoms with van der Waals surface area (Å²) in [4.78, 5) is 16.9. The van der Waals surface area contributed by atoms with Crippen LogP contribution in [-0.4, -0.2) is 43.5 Å². The molecule has 1 N–H and O–H groups in total. The van der Waals surface area contributed by atoms with Crippen molar-refractivity contribution >= 4 is 45.7 Å². The van der Waals surface area contributed by atoms with Crippen LogP contribution in [0.15, 0.2) is 59.1 Å². The monoisotopic (exact) mass is 472 g/mol. The minimum Gasteiger partial charge on any atom is -0.492 e. The second-order valence-electron chi connectivity index (χ2n) is 6.16. The lowest BCUT2D eigenvalue weighted by molar-refractivity contribution is -0.113. The van der Waals surface area contributed by atoms with Gasteiger partial charge >= 0.3 is 0 Å². The van der Waals surface area contributed by atoms with Gasteiger partial charge in [-0.15, -0.1) is 16.4 Å². The van der Waals surface area contributed by atoms with Crippen molar-refractivity contribution in [1.82, 2.24) is 25.2 Å². The van der Waals surface area contributed by atoms with E-state index in [0.29, 0.717) is 33.4 Å². The van der Waals surface area contributed by atoms with Crippen molar-refractivity contribution in [1.29, 1.82) is 0 Å². The second kappa shape index (κ2) is 9.90. The van der Waals surface area contributed by atoms with Crippen LogP contribution in [0.1, 0.15) is 6.92 Å². The molecular formula is C20H17ClN6O2S2. The molecule has 8 nitrogen and oxygen atoms in total. The minimum absolute atomic E-state index is 0.132. The molecule has 0 bridgehead atoms. The Hall–Kier alpha value is -2.95. The summed E-state index contributed by atoms with van der Waals surface area (Å²) in [5.41, 5.74) is 2.42. The van der Waals surface area contributed by atoms with Gasteiger partial charge in [0.2, 0.25) is 11.1 Å². The largest absolute Gasteiger partial charge is 0.492 e. The van der Waals surface area contributed by atoms with E-state index in [2.05, 4.69) is 25.8 Å². The van der Waals surface area contributed by atoms with Gasteiger partial charge in [-0.2, -0.15) is 4.68 Å². The zero-order chi connectivity index (χ0) is 21.6. The third-order valence-electron chi connectivity index (χ3n) is 4.06. The summed E-state index contributed by atoms with van der Waals surface area (Å²) in [5, 5.41) is 18.2. The molecule has 158 valence electrons. The molecule has 0 radical (unpaired) electrons. The molecule has 0 aliphatic heterocycles. The second-order valence-corrected chi connectivity index (χ2v) is 8.39. The lowest BCUT2D eigenvalue weighted by Gasteiger charge is -2.10. The molecular weight excluding hydrogens is 456 g/mol. The Balaban J connectivity index is 1.40. The third kappa shape index (κ3) is 5.22. The van der Waals surface area contributed by atoms with Gasteiger partial charge in [-0.25, -0.2) is 4.98 Å². The number of amides is 1. The number of carbonyl (C=O) groups excluding carboxylic acids is 1. The number of thioether (sulfide) groups is 1. The first kappa shape index (κ1) is 21.3. The Morgan fingerprint density at radius 2 is 2.03 bits per heavy atom. The molecule has 2 heterocycles. The number of hydrogen-bond donors (Lipinski definition) is 1. The maximum Gasteiger partial charge on any atom is 0.236 e. The molecule has 2 aromatic carbocycles. The molecule has 0 fully saturated rings. The molecule has 4 rings (SSSR count). The number of carbonyl (C=O) groups is 1. The molecule has 0 spiro atoms. The Labute approximate surface area is 191 Å². The average Bonchev–Trinajstić information content (AvgIpc) is 3.43. The van der Waals surface area contributed by atoms with Crippen LogP contribution >= 0.6 is 34.7 Å². The number of ether oxygens (including phenoxy) is 1. The standard InChI is InChI=1S/C20H17ClN6O2S2/c1-2-29-17-6-4-3-5-16(17)27-20(24-25-26-27)31-12-18(28)23-19-22-15(11-30-19)13-7-9-14(21)10-8-13/h3-11H,2,12H2,1H3,(H,22,23,28). The van der Waals surface area contributed by atoms with Crippen LogP contribution < -0.4 is 10.1 Å². The van der Waals surface area contributed by atoms with Crippen LogP contribution in [-0.2, 0) is 4.79 Å². The molecule has 1 amide bonds. The number of nitrogens with one attached hydrogen (secondary N) is 1. The van der Waals surface area contributed by atoms with Gasteiger partial charge in [0, 0.05) is 16.0 Å². The lowest BCUT2D eigenvalue weighted by Crippen LogP contribution is -2.14. The van der Waals surface area contributed by atoms with Gasteiger partial charge in [-0.05, 0) is 41.6 Å². The Kier molecular flexibility index (Phi) is 6.80. The van der Waals surface area contributed by atoms with Crippen molar-refractivity contribution < 1.29 is 9.53 Å². The zero-order valence-corrected chi connectivity index (χ0v) is 18.7. The molecule has 0 atom stereocenters.